The smallest absolute Gasteiger partial charge is 0.273 e. The fourth-order valence-corrected chi connectivity index (χ4v) is 4.64. The third-order valence-corrected chi connectivity index (χ3v) is 5.84. The van der Waals surface area contributed by atoms with Gasteiger partial charge in [-0.05, 0) is 30.7 Å². The summed E-state index contributed by atoms with van der Waals surface area (Å²) < 4.78 is 11.3. The van der Waals surface area contributed by atoms with Crippen LogP contribution in [0.3, 0.4) is 0 Å². The van der Waals surface area contributed by atoms with Gasteiger partial charge in [0.05, 0.1) is 19.3 Å². The molecule has 0 aliphatic carbocycles. The van der Waals surface area contributed by atoms with E-state index in [-0.39, 0.29) is 18.2 Å². The normalized spacial score (nSPS) is 22.6. The van der Waals surface area contributed by atoms with Crippen molar-refractivity contribution in [3.63, 3.8) is 0 Å². The Labute approximate surface area is 142 Å². The van der Waals surface area contributed by atoms with Crippen molar-refractivity contribution in [2.75, 3.05) is 19.8 Å². The number of thiazole rings is 1. The molecule has 2 aromatic rings. The number of carbonyl (C=O) groups excluding carboxylic acids is 1. The van der Waals surface area contributed by atoms with Gasteiger partial charge in [0.1, 0.15) is 10.7 Å². The molecule has 0 bridgehead atoms. The Morgan fingerprint density at radius 2 is 2.13 bits per heavy atom. The molecule has 0 N–H and O–H groups in total. The van der Waals surface area contributed by atoms with Crippen LogP contribution in [0.25, 0.3) is 10.6 Å². The molecule has 0 saturated carbocycles. The van der Waals surface area contributed by atoms with Crippen molar-refractivity contribution in [2.24, 2.45) is 0 Å². The molecule has 1 unspecified atom stereocenters. The van der Waals surface area contributed by atoms with Gasteiger partial charge in [0, 0.05) is 22.9 Å². The number of aromatic nitrogens is 1. The molecule has 4 heterocycles. The van der Waals surface area contributed by atoms with E-state index in [1.165, 1.54) is 11.3 Å². The van der Waals surface area contributed by atoms with Crippen LogP contribution in [0.1, 0.15) is 29.8 Å². The van der Waals surface area contributed by atoms with Crippen molar-refractivity contribution in [1.82, 2.24) is 9.88 Å². The van der Waals surface area contributed by atoms with Crippen LogP contribution in [0.5, 0.6) is 0 Å². The molecule has 7 heteroatoms. The van der Waals surface area contributed by atoms with Gasteiger partial charge in [-0.25, -0.2) is 4.98 Å². The highest BCUT2D eigenvalue weighted by atomic mass is 32.1. The minimum Gasteiger partial charge on any atom is -0.348 e. The molecule has 2 fully saturated rings. The van der Waals surface area contributed by atoms with E-state index >= 15 is 0 Å². The van der Waals surface area contributed by atoms with E-state index < -0.39 is 0 Å². The fraction of sp³-hybridized carbons (Fsp3) is 0.500. The molecule has 2 aliphatic heterocycles. The number of piperidine rings is 1. The maximum atomic E-state index is 12.9. The Kier molecular flexibility index (Phi) is 4.43. The molecule has 4 rings (SSSR count). The molecule has 0 spiro atoms. The number of amides is 1. The highest BCUT2D eigenvalue weighted by molar-refractivity contribution is 7.14. The standard InChI is InChI=1S/C16H18N2O3S2/c19-15(12-10-23-14(17-12)11-4-8-22-9-11)18-5-2-1-3-13(18)16-20-6-7-21-16/h4,8-10,13,16H,1-3,5-7H2. The van der Waals surface area contributed by atoms with E-state index in [1.807, 2.05) is 21.7 Å². The number of likely N-dealkylation sites (tertiary alicyclic amines) is 1. The molecule has 2 aliphatic rings. The lowest BCUT2D eigenvalue weighted by Gasteiger charge is -2.37. The predicted octanol–water partition coefficient (Wildman–Crippen LogP) is 3.24. The van der Waals surface area contributed by atoms with Crippen molar-refractivity contribution in [1.29, 1.82) is 0 Å². The van der Waals surface area contributed by atoms with E-state index in [0.29, 0.717) is 18.9 Å². The van der Waals surface area contributed by atoms with Gasteiger partial charge in [-0.1, -0.05) is 0 Å². The van der Waals surface area contributed by atoms with Crippen molar-refractivity contribution in [3.8, 4) is 10.6 Å². The molecule has 23 heavy (non-hydrogen) atoms. The van der Waals surface area contributed by atoms with Gasteiger partial charge in [0.15, 0.2) is 6.29 Å². The third kappa shape index (κ3) is 3.06. The van der Waals surface area contributed by atoms with Crippen molar-refractivity contribution in [2.45, 2.75) is 31.6 Å². The average molecular weight is 350 g/mol. The highest BCUT2D eigenvalue weighted by Gasteiger charge is 2.37. The Hall–Kier alpha value is -1.28. The largest absolute Gasteiger partial charge is 0.348 e. The predicted molar refractivity (Wildman–Crippen MR) is 89.8 cm³/mol. The van der Waals surface area contributed by atoms with E-state index in [0.717, 1.165) is 36.4 Å². The molecule has 0 aromatic carbocycles. The van der Waals surface area contributed by atoms with E-state index in [9.17, 15) is 4.79 Å². The van der Waals surface area contributed by atoms with Crippen LogP contribution in [0.15, 0.2) is 22.2 Å². The first-order valence-corrected chi connectivity index (χ1v) is 9.67. The lowest BCUT2D eigenvalue weighted by Crippen LogP contribution is -2.50. The monoisotopic (exact) mass is 350 g/mol. The number of thiophene rings is 1. The number of nitrogens with zero attached hydrogens (tertiary/aromatic N) is 2. The lowest BCUT2D eigenvalue weighted by atomic mass is 10.0. The minimum absolute atomic E-state index is 0.00467. The Morgan fingerprint density at radius 1 is 1.26 bits per heavy atom. The molecule has 1 atom stereocenters. The Bertz CT molecular complexity index is 665. The maximum Gasteiger partial charge on any atom is 0.273 e. The first-order valence-electron chi connectivity index (χ1n) is 7.85. The highest BCUT2D eigenvalue weighted by Crippen LogP contribution is 2.29. The number of hydrogen-bond acceptors (Lipinski definition) is 6. The SMILES string of the molecule is O=C(c1csc(-c2ccsc2)n1)N1CCCCC1C1OCCO1. The average Bonchev–Trinajstić information content (AvgIpc) is 3.35. The molecule has 0 radical (unpaired) electrons. The summed E-state index contributed by atoms with van der Waals surface area (Å²) in [6.07, 6.45) is 2.78. The van der Waals surface area contributed by atoms with Crippen LogP contribution in [-0.2, 0) is 9.47 Å². The summed E-state index contributed by atoms with van der Waals surface area (Å²) in [6, 6.07) is 2.03. The summed E-state index contributed by atoms with van der Waals surface area (Å²) in [6.45, 7) is 1.97. The second-order valence-electron chi connectivity index (χ2n) is 5.72. The second kappa shape index (κ2) is 6.68. The zero-order chi connectivity index (χ0) is 15.6. The number of carbonyl (C=O) groups is 1. The summed E-state index contributed by atoms with van der Waals surface area (Å²) in [5.74, 6) is -0.00784. The van der Waals surface area contributed by atoms with E-state index in [4.69, 9.17) is 9.47 Å². The summed E-state index contributed by atoms with van der Waals surface area (Å²) >= 11 is 3.15. The van der Waals surface area contributed by atoms with Crippen molar-refractivity contribution >= 4 is 28.6 Å². The van der Waals surface area contributed by atoms with Crippen LogP contribution in [0.4, 0.5) is 0 Å². The Morgan fingerprint density at radius 3 is 2.91 bits per heavy atom. The summed E-state index contributed by atoms with van der Waals surface area (Å²) in [7, 11) is 0. The van der Waals surface area contributed by atoms with Gasteiger partial charge in [0.25, 0.3) is 5.91 Å². The van der Waals surface area contributed by atoms with Gasteiger partial charge < -0.3 is 14.4 Å². The quantitative estimate of drug-likeness (QED) is 0.853. The zero-order valence-corrected chi connectivity index (χ0v) is 14.3. The first-order chi connectivity index (χ1) is 11.3. The maximum absolute atomic E-state index is 12.9. The number of ether oxygens (including phenoxy) is 2. The van der Waals surface area contributed by atoms with Crippen LogP contribution >= 0.6 is 22.7 Å². The van der Waals surface area contributed by atoms with Gasteiger partial charge in [-0.15, -0.1) is 11.3 Å². The van der Waals surface area contributed by atoms with Gasteiger partial charge in [-0.3, -0.25) is 4.79 Å². The van der Waals surface area contributed by atoms with Crippen LogP contribution in [0.2, 0.25) is 0 Å². The van der Waals surface area contributed by atoms with Crippen LogP contribution < -0.4 is 0 Å². The number of rotatable bonds is 3. The van der Waals surface area contributed by atoms with Crippen LogP contribution in [0, 0.1) is 0 Å². The molecular formula is C16H18N2O3S2. The van der Waals surface area contributed by atoms with E-state index in [2.05, 4.69) is 10.4 Å². The second-order valence-corrected chi connectivity index (χ2v) is 7.36. The zero-order valence-electron chi connectivity index (χ0n) is 12.6. The summed E-state index contributed by atoms with van der Waals surface area (Å²) in [4.78, 5) is 19.3. The molecular weight excluding hydrogens is 332 g/mol. The minimum atomic E-state index is -0.283. The molecule has 1 amide bonds. The summed E-state index contributed by atoms with van der Waals surface area (Å²) in [5, 5.41) is 6.83. The molecule has 2 aromatic heterocycles. The van der Waals surface area contributed by atoms with E-state index in [1.54, 1.807) is 11.3 Å². The number of hydrogen-bond donors (Lipinski definition) is 0. The molecule has 2 saturated heterocycles. The first kappa shape index (κ1) is 15.3. The van der Waals surface area contributed by atoms with Crippen molar-refractivity contribution < 1.29 is 14.3 Å². The summed E-state index contributed by atoms with van der Waals surface area (Å²) in [5.41, 5.74) is 1.61. The third-order valence-electron chi connectivity index (χ3n) is 4.26. The van der Waals surface area contributed by atoms with Gasteiger partial charge >= 0.3 is 0 Å². The van der Waals surface area contributed by atoms with Crippen molar-refractivity contribution in [3.05, 3.63) is 27.9 Å². The Balaban J connectivity index is 1.54. The lowest BCUT2D eigenvalue weighted by molar-refractivity contribution is -0.100. The fourth-order valence-electron chi connectivity index (χ4n) is 3.13. The topological polar surface area (TPSA) is 51.7 Å². The molecule has 5 nitrogen and oxygen atoms in total. The molecule has 122 valence electrons. The van der Waals surface area contributed by atoms with Crippen LogP contribution in [-0.4, -0.2) is 47.9 Å². The van der Waals surface area contributed by atoms with Gasteiger partial charge in [0.2, 0.25) is 0 Å². The van der Waals surface area contributed by atoms with Gasteiger partial charge in [-0.2, -0.15) is 11.3 Å².